The third kappa shape index (κ3) is 3.58. The molecule has 0 aliphatic carbocycles. The van der Waals surface area contributed by atoms with Crippen molar-refractivity contribution in [3.63, 3.8) is 0 Å². The number of rotatable bonds is 3. The third-order valence-electron chi connectivity index (χ3n) is 3.40. The third-order valence-corrected chi connectivity index (χ3v) is 3.72. The highest BCUT2D eigenvalue weighted by Crippen LogP contribution is 2.24. The SMILES string of the molecule is O=C(Nc1cccc(-c2ccccc2)c1)c1ccc(F)cc1Cl. The Balaban J connectivity index is 1.84. The molecule has 0 saturated heterocycles. The van der Waals surface area contributed by atoms with Crippen molar-refractivity contribution in [1.29, 1.82) is 0 Å². The number of carbonyl (C=O) groups excluding carboxylic acids is 1. The lowest BCUT2D eigenvalue weighted by Crippen LogP contribution is -2.12. The summed E-state index contributed by atoms with van der Waals surface area (Å²) in [4.78, 5) is 12.3. The summed E-state index contributed by atoms with van der Waals surface area (Å²) in [5.74, 6) is -0.849. The number of halogens is 2. The summed E-state index contributed by atoms with van der Waals surface area (Å²) < 4.78 is 13.1. The van der Waals surface area contributed by atoms with Crippen molar-refractivity contribution in [1.82, 2.24) is 0 Å². The summed E-state index contributed by atoms with van der Waals surface area (Å²) in [7, 11) is 0. The predicted molar refractivity (Wildman–Crippen MR) is 91.2 cm³/mol. The van der Waals surface area contributed by atoms with Gasteiger partial charge in [-0.1, -0.05) is 54.1 Å². The molecule has 0 unspecified atom stereocenters. The molecule has 0 heterocycles. The highest BCUT2D eigenvalue weighted by atomic mass is 35.5. The monoisotopic (exact) mass is 325 g/mol. The van der Waals surface area contributed by atoms with Gasteiger partial charge in [0.2, 0.25) is 0 Å². The quantitative estimate of drug-likeness (QED) is 0.686. The van der Waals surface area contributed by atoms with Gasteiger partial charge in [-0.2, -0.15) is 0 Å². The molecule has 0 atom stereocenters. The Bertz CT molecular complexity index is 849. The van der Waals surface area contributed by atoms with Gasteiger partial charge in [0.05, 0.1) is 10.6 Å². The van der Waals surface area contributed by atoms with E-state index in [1.807, 2.05) is 48.5 Å². The summed E-state index contributed by atoms with van der Waals surface area (Å²) in [5.41, 5.74) is 2.94. The van der Waals surface area contributed by atoms with Crippen LogP contribution < -0.4 is 5.32 Å². The number of carbonyl (C=O) groups is 1. The zero-order valence-corrected chi connectivity index (χ0v) is 12.8. The van der Waals surface area contributed by atoms with Crippen LogP contribution in [0.5, 0.6) is 0 Å². The van der Waals surface area contributed by atoms with Gasteiger partial charge in [0.25, 0.3) is 5.91 Å². The highest BCUT2D eigenvalue weighted by molar-refractivity contribution is 6.34. The van der Waals surface area contributed by atoms with E-state index in [2.05, 4.69) is 5.32 Å². The standard InChI is InChI=1S/C19H13ClFNO/c20-18-12-15(21)9-10-17(18)19(23)22-16-8-4-7-14(11-16)13-5-2-1-3-6-13/h1-12H,(H,22,23). The second-order valence-corrected chi connectivity index (χ2v) is 5.43. The highest BCUT2D eigenvalue weighted by Gasteiger charge is 2.11. The summed E-state index contributed by atoms with van der Waals surface area (Å²) in [6, 6.07) is 21.1. The van der Waals surface area contributed by atoms with Crippen LogP contribution in [-0.2, 0) is 0 Å². The molecule has 0 aliphatic heterocycles. The minimum Gasteiger partial charge on any atom is -0.322 e. The zero-order chi connectivity index (χ0) is 16.2. The second-order valence-electron chi connectivity index (χ2n) is 5.03. The molecule has 2 nitrogen and oxygen atoms in total. The Morgan fingerprint density at radius 2 is 1.61 bits per heavy atom. The smallest absolute Gasteiger partial charge is 0.257 e. The van der Waals surface area contributed by atoms with E-state index in [0.29, 0.717) is 5.69 Å². The molecule has 0 aromatic heterocycles. The lowest BCUT2D eigenvalue weighted by molar-refractivity contribution is 0.102. The van der Waals surface area contributed by atoms with Gasteiger partial charge in [0, 0.05) is 5.69 Å². The van der Waals surface area contributed by atoms with Crippen molar-refractivity contribution >= 4 is 23.2 Å². The first-order valence-electron chi connectivity index (χ1n) is 7.05. The normalized spacial score (nSPS) is 10.3. The fourth-order valence-electron chi connectivity index (χ4n) is 2.28. The van der Waals surface area contributed by atoms with E-state index in [-0.39, 0.29) is 16.5 Å². The van der Waals surface area contributed by atoms with Crippen LogP contribution in [-0.4, -0.2) is 5.91 Å². The molecule has 1 N–H and O–H groups in total. The molecule has 114 valence electrons. The Hall–Kier alpha value is -2.65. The lowest BCUT2D eigenvalue weighted by Gasteiger charge is -2.09. The Kier molecular flexibility index (Phi) is 4.40. The lowest BCUT2D eigenvalue weighted by atomic mass is 10.1. The Labute approximate surface area is 138 Å². The first-order valence-corrected chi connectivity index (χ1v) is 7.43. The minimum atomic E-state index is -0.474. The van der Waals surface area contributed by atoms with Crippen LogP contribution in [0, 0.1) is 5.82 Å². The average Bonchev–Trinajstić information content (AvgIpc) is 2.56. The van der Waals surface area contributed by atoms with Crippen LogP contribution in [0.25, 0.3) is 11.1 Å². The molecule has 1 amide bonds. The van der Waals surface area contributed by atoms with Crippen LogP contribution in [0.3, 0.4) is 0 Å². The number of benzene rings is 3. The molecule has 3 aromatic rings. The van der Waals surface area contributed by atoms with Crippen LogP contribution in [0.2, 0.25) is 5.02 Å². The average molecular weight is 326 g/mol. The number of nitrogens with one attached hydrogen (secondary N) is 1. The van der Waals surface area contributed by atoms with Crippen molar-refractivity contribution in [2.45, 2.75) is 0 Å². The van der Waals surface area contributed by atoms with E-state index < -0.39 is 5.82 Å². The molecule has 3 aromatic carbocycles. The van der Waals surface area contributed by atoms with E-state index in [9.17, 15) is 9.18 Å². The molecule has 4 heteroatoms. The number of amides is 1. The van der Waals surface area contributed by atoms with Crippen molar-refractivity contribution in [3.8, 4) is 11.1 Å². The minimum absolute atomic E-state index is 0.0849. The number of hydrogen-bond acceptors (Lipinski definition) is 1. The van der Waals surface area contributed by atoms with Gasteiger partial charge in [0.15, 0.2) is 0 Å². The second kappa shape index (κ2) is 6.63. The molecule has 0 saturated carbocycles. The predicted octanol–water partition coefficient (Wildman–Crippen LogP) is 5.40. The summed E-state index contributed by atoms with van der Waals surface area (Å²) >= 11 is 5.92. The van der Waals surface area contributed by atoms with E-state index >= 15 is 0 Å². The first-order chi connectivity index (χ1) is 11.1. The van der Waals surface area contributed by atoms with E-state index in [1.54, 1.807) is 6.07 Å². The van der Waals surface area contributed by atoms with Crippen molar-refractivity contribution in [2.75, 3.05) is 5.32 Å². The van der Waals surface area contributed by atoms with Gasteiger partial charge >= 0.3 is 0 Å². The Morgan fingerprint density at radius 1 is 0.870 bits per heavy atom. The molecule has 0 fully saturated rings. The molecule has 0 radical (unpaired) electrons. The molecule has 0 bridgehead atoms. The molecular formula is C19H13ClFNO. The van der Waals surface area contributed by atoms with Gasteiger partial charge in [-0.25, -0.2) is 4.39 Å². The van der Waals surface area contributed by atoms with Crippen LogP contribution in [0.4, 0.5) is 10.1 Å². The fraction of sp³-hybridized carbons (Fsp3) is 0. The van der Waals surface area contributed by atoms with E-state index in [0.717, 1.165) is 17.2 Å². The van der Waals surface area contributed by atoms with E-state index in [1.165, 1.54) is 12.1 Å². The summed E-state index contributed by atoms with van der Waals surface area (Å²) in [6.07, 6.45) is 0. The van der Waals surface area contributed by atoms with Gasteiger partial charge in [-0.05, 0) is 41.5 Å². The molecule has 3 rings (SSSR count). The van der Waals surface area contributed by atoms with Crippen molar-refractivity contribution in [2.24, 2.45) is 0 Å². The summed E-state index contributed by atoms with van der Waals surface area (Å²) in [5, 5.41) is 2.87. The summed E-state index contributed by atoms with van der Waals surface area (Å²) in [6.45, 7) is 0. The van der Waals surface area contributed by atoms with Crippen molar-refractivity contribution in [3.05, 3.63) is 89.2 Å². The van der Waals surface area contributed by atoms with E-state index in [4.69, 9.17) is 11.6 Å². The molecular weight excluding hydrogens is 313 g/mol. The first kappa shape index (κ1) is 15.3. The maximum atomic E-state index is 13.1. The largest absolute Gasteiger partial charge is 0.322 e. The molecule has 23 heavy (non-hydrogen) atoms. The van der Waals surface area contributed by atoms with Gasteiger partial charge in [-0.3, -0.25) is 4.79 Å². The Morgan fingerprint density at radius 3 is 2.35 bits per heavy atom. The maximum absolute atomic E-state index is 13.1. The number of hydrogen-bond donors (Lipinski definition) is 1. The van der Waals surface area contributed by atoms with Crippen LogP contribution in [0.1, 0.15) is 10.4 Å². The maximum Gasteiger partial charge on any atom is 0.257 e. The number of anilines is 1. The van der Waals surface area contributed by atoms with Crippen LogP contribution in [0.15, 0.2) is 72.8 Å². The molecule has 0 aliphatic rings. The van der Waals surface area contributed by atoms with Crippen LogP contribution >= 0.6 is 11.6 Å². The van der Waals surface area contributed by atoms with Gasteiger partial charge in [0.1, 0.15) is 5.82 Å². The topological polar surface area (TPSA) is 29.1 Å². The van der Waals surface area contributed by atoms with Gasteiger partial charge < -0.3 is 5.32 Å². The fourth-order valence-corrected chi connectivity index (χ4v) is 2.53. The zero-order valence-electron chi connectivity index (χ0n) is 12.1. The van der Waals surface area contributed by atoms with Crippen molar-refractivity contribution < 1.29 is 9.18 Å². The molecule has 0 spiro atoms. The van der Waals surface area contributed by atoms with Gasteiger partial charge in [-0.15, -0.1) is 0 Å².